The molecule has 6 aromatic carbocycles. The fraction of sp³-hybridized carbons (Fsp3) is 0.0278. The molecular weight excluding hydrogens is 506 g/mol. The van der Waals surface area contributed by atoms with Crippen LogP contribution in [0.3, 0.4) is 0 Å². The van der Waals surface area contributed by atoms with E-state index in [1.54, 1.807) is 11.3 Å². The van der Waals surface area contributed by atoms with Gasteiger partial charge in [-0.05, 0) is 78.8 Å². The average molecular weight is 528 g/mol. The Morgan fingerprint density at radius 2 is 1.18 bits per heavy atom. The number of fused-ring (bicyclic) bond motifs is 2. The van der Waals surface area contributed by atoms with Crippen LogP contribution < -0.4 is 0 Å². The van der Waals surface area contributed by atoms with Gasteiger partial charge >= 0.3 is 0 Å². The maximum absolute atomic E-state index is 5.18. The van der Waals surface area contributed by atoms with Crippen molar-refractivity contribution in [2.24, 2.45) is 0 Å². The fourth-order valence-electron chi connectivity index (χ4n) is 6.34. The molecule has 0 bridgehead atoms. The Balaban J connectivity index is 1.36. The zero-order valence-electron chi connectivity index (χ0n) is 21.4. The van der Waals surface area contributed by atoms with Crippen molar-refractivity contribution < 1.29 is 0 Å². The van der Waals surface area contributed by atoms with E-state index in [1.165, 1.54) is 53.5 Å². The van der Waals surface area contributed by atoms with Crippen molar-refractivity contribution in [3.05, 3.63) is 120 Å². The number of rotatable bonds is 3. The van der Waals surface area contributed by atoms with Crippen molar-refractivity contribution in [1.82, 2.24) is 15.0 Å². The molecule has 0 spiro atoms. The molecule has 0 N–H and O–H groups in total. The number of hydrogen-bond donors (Lipinski definition) is 0. The monoisotopic (exact) mass is 527 g/mol. The van der Waals surface area contributed by atoms with Crippen LogP contribution in [0.5, 0.6) is 0 Å². The van der Waals surface area contributed by atoms with Crippen LogP contribution >= 0.6 is 11.3 Å². The van der Waals surface area contributed by atoms with E-state index in [4.69, 9.17) is 15.0 Å². The van der Waals surface area contributed by atoms with E-state index >= 15 is 0 Å². The van der Waals surface area contributed by atoms with Gasteiger partial charge in [-0.2, -0.15) is 0 Å². The SMILES string of the molecule is C1=Cc2cccc(-c3nc(-c4ccc5ccc6cccc7ccc4c5c67)nc(-c4cccc5ccsc45)n3)c2C1. The highest BCUT2D eigenvalue weighted by Gasteiger charge is 2.20. The number of hydrogen-bond acceptors (Lipinski definition) is 4. The van der Waals surface area contributed by atoms with Crippen molar-refractivity contribution >= 4 is 59.8 Å². The second-order valence-corrected chi connectivity index (χ2v) is 11.3. The Bertz CT molecular complexity index is 2290. The third-order valence-corrected chi connectivity index (χ3v) is 9.16. The molecule has 2 heterocycles. The minimum atomic E-state index is 0.704. The number of benzene rings is 6. The Morgan fingerprint density at radius 3 is 2.05 bits per heavy atom. The van der Waals surface area contributed by atoms with Crippen molar-refractivity contribution in [3.8, 4) is 34.2 Å². The Hall–Kier alpha value is -4.93. The lowest BCUT2D eigenvalue weighted by Crippen LogP contribution is -2.02. The van der Waals surface area contributed by atoms with E-state index in [-0.39, 0.29) is 0 Å². The van der Waals surface area contributed by atoms with Crippen LogP contribution in [0.1, 0.15) is 11.1 Å². The average Bonchev–Trinajstić information content (AvgIpc) is 3.69. The number of thiophene rings is 1. The first-order valence-corrected chi connectivity index (χ1v) is 14.4. The summed E-state index contributed by atoms with van der Waals surface area (Å²) in [6.07, 6.45) is 5.29. The molecule has 2 aromatic heterocycles. The minimum Gasteiger partial charge on any atom is -0.208 e. The summed E-state index contributed by atoms with van der Waals surface area (Å²) in [6, 6.07) is 34.7. The molecule has 8 aromatic rings. The van der Waals surface area contributed by atoms with Crippen LogP contribution in [0.4, 0.5) is 0 Å². The smallest absolute Gasteiger partial charge is 0.165 e. The molecule has 186 valence electrons. The molecular formula is C36H21N3S. The van der Waals surface area contributed by atoms with Gasteiger partial charge in [-0.3, -0.25) is 0 Å². The van der Waals surface area contributed by atoms with E-state index in [9.17, 15) is 0 Å². The summed E-state index contributed by atoms with van der Waals surface area (Å²) in [4.78, 5) is 15.5. The molecule has 0 unspecified atom stereocenters. The third-order valence-electron chi connectivity index (χ3n) is 8.20. The highest BCUT2D eigenvalue weighted by Crippen LogP contribution is 2.40. The van der Waals surface area contributed by atoms with Gasteiger partial charge in [0.2, 0.25) is 0 Å². The second-order valence-electron chi connectivity index (χ2n) is 10.4. The van der Waals surface area contributed by atoms with Crippen molar-refractivity contribution in [1.29, 1.82) is 0 Å². The van der Waals surface area contributed by atoms with Gasteiger partial charge in [0.15, 0.2) is 17.5 Å². The molecule has 3 nitrogen and oxygen atoms in total. The van der Waals surface area contributed by atoms with Crippen molar-refractivity contribution in [2.45, 2.75) is 6.42 Å². The van der Waals surface area contributed by atoms with E-state index in [1.807, 2.05) is 0 Å². The maximum atomic E-state index is 5.18. The van der Waals surface area contributed by atoms with E-state index in [2.05, 4.69) is 115 Å². The molecule has 0 saturated carbocycles. The Kier molecular flexibility index (Phi) is 4.54. The lowest BCUT2D eigenvalue weighted by molar-refractivity contribution is 1.07. The second kappa shape index (κ2) is 8.28. The first-order valence-electron chi connectivity index (χ1n) is 13.5. The molecule has 40 heavy (non-hydrogen) atoms. The van der Waals surface area contributed by atoms with Gasteiger partial charge in [-0.25, -0.2) is 15.0 Å². The first kappa shape index (κ1) is 21.9. The number of nitrogens with zero attached hydrogens (tertiary/aromatic N) is 3. The summed E-state index contributed by atoms with van der Waals surface area (Å²) < 4.78 is 1.20. The molecule has 9 rings (SSSR count). The standard InChI is InChI=1S/C36H21N3S/c1-7-22-13-14-24-16-18-29(27-17-15-23(8-1)31(22)32(24)27)35-37-34(28-11-3-6-21-5-2-10-26(21)28)38-36(39-35)30-12-4-9-25-19-20-40-33(25)30/h1-9,11-20H,10H2. The molecule has 0 amide bonds. The highest BCUT2D eigenvalue weighted by atomic mass is 32.1. The quantitative estimate of drug-likeness (QED) is 0.215. The highest BCUT2D eigenvalue weighted by molar-refractivity contribution is 7.17. The summed E-state index contributed by atoms with van der Waals surface area (Å²) in [5.41, 5.74) is 5.66. The van der Waals surface area contributed by atoms with Crippen LogP contribution in [-0.2, 0) is 6.42 Å². The van der Waals surface area contributed by atoms with Gasteiger partial charge in [0.05, 0.1) is 0 Å². The van der Waals surface area contributed by atoms with E-state index in [0.717, 1.165) is 28.9 Å². The molecule has 1 aliphatic carbocycles. The Labute approximate surface area is 234 Å². The summed E-state index contributed by atoms with van der Waals surface area (Å²) in [5, 5.41) is 10.8. The summed E-state index contributed by atoms with van der Waals surface area (Å²) in [6.45, 7) is 0. The fourth-order valence-corrected chi connectivity index (χ4v) is 7.25. The van der Waals surface area contributed by atoms with Crippen molar-refractivity contribution in [3.63, 3.8) is 0 Å². The first-order chi connectivity index (χ1) is 19.8. The molecule has 0 atom stereocenters. The predicted molar refractivity (Wildman–Crippen MR) is 168 cm³/mol. The van der Waals surface area contributed by atoms with Crippen LogP contribution in [-0.4, -0.2) is 15.0 Å². The van der Waals surface area contributed by atoms with E-state index in [0.29, 0.717) is 11.6 Å². The van der Waals surface area contributed by atoms with Gasteiger partial charge in [0, 0.05) is 21.4 Å². The molecule has 0 aliphatic heterocycles. The normalized spacial score (nSPS) is 12.8. The van der Waals surface area contributed by atoms with Gasteiger partial charge < -0.3 is 0 Å². The Morgan fingerprint density at radius 1 is 0.525 bits per heavy atom. The van der Waals surface area contributed by atoms with E-state index < -0.39 is 0 Å². The third kappa shape index (κ3) is 3.14. The van der Waals surface area contributed by atoms with Gasteiger partial charge in [-0.1, -0.05) is 91.0 Å². The lowest BCUT2D eigenvalue weighted by Gasteiger charge is -2.15. The number of aromatic nitrogens is 3. The molecule has 0 fully saturated rings. The largest absolute Gasteiger partial charge is 0.208 e. The van der Waals surface area contributed by atoms with Crippen LogP contribution in [0.25, 0.3) is 82.6 Å². The van der Waals surface area contributed by atoms with Gasteiger partial charge in [0.25, 0.3) is 0 Å². The summed E-state index contributed by atoms with van der Waals surface area (Å²) in [7, 11) is 0. The maximum Gasteiger partial charge on any atom is 0.165 e. The van der Waals surface area contributed by atoms with Gasteiger partial charge in [-0.15, -0.1) is 11.3 Å². The summed E-state index contributed by atoms with van der Waals surface area (Å²) in [5.74, 6) is 2.14. The minimum absolute atomic E-state index is 0.704. The number of allylic oxidation sites excluding steroid dienone is 1. The topological polar surface area (TPSA) is 38.7 Å². The zero-order chi connectivity index (χ0) is 26.2. The molecule has 0 radical (unpaired) electrons. The molecule has 1 aliphatic rings. The lowest BCUT2D eigenvalue weighted by atomic mass is 9.92. The van der Waals surface area contributed by atoms with Crippen LogP contribution in [0.15, 0.2) is 109 Å². The predicted octanol–water partition coefficient (Wildman–Crippen LogP) is 9.55. The molecule has 0 saturated heterocycles. The zero-order valence-corrected chi connectivity index (χ0v) is 22.2. The molecule has 4 heteroatoms. The van der Waals surface area contributed by atoms with Crippen molar-refractivity contribution in [2.75, 3.05) is 0 Å². The van der Waals surface area contributed by atoms with Gasteiger partial charge in [0.1, 0.15) is 0 Å². The van der Waals surface area contributed by atoms with Crippen LogP contribution in [0.2, 0.25) is 0 Å². The van der Waals surface area contributed by atoms with Crippen LogP contribution in [0, 0.1) is 0 Å². The summed E-state index contributed by atoms with van der Waals surface area (Å²) >= 11 is 1.73.